The smallest absolute Gasteiger partial charge is 0.139 e. The van der Waals surface area contributed by atoms with Crippen molar-refractivity contribution >= 4 is 88.5 Å². The molecular weight excluding hydrogens is 733 g/mol. The van der Waals surface area contributed by atoms with Crippen molar-refractivity contribution < 1.29 is 0 Å². The third kappa shape index (κ3) is 5.42. The van der Waals surface area contributed by atoms with Gasteiger partial charge in [0.25, 0.3) is 0 Å². The Morgan fingerprint density at radius 3 is 1.03 bits per heavy atom. The molecule has 0 spiro atoms. The normalized spacial score (nSPS) is 11.7. The third-order valence-corrected chi connectivity index (χ3v) is 11.7. The number of hydrogen-bond acceptors (Lipinski definition) is 4. The highest BCUT2D eigenvalue weighted by Crippen LogP contribution is 2.52. The molecule has 0 fully saturated rings. The summed E-state index contributed by atoms with van der Waals surface area (Å²) in [4.78, 5) is 22.5. The minimum atomic E-state index is 0.817. The summed E-state index contributed by atoms with van der Waals surface area (Å²) < 4.78 is 0. The molecule has 2 aromatic heterocycles. The molecule has 2 N–H and O–H groups in total. The highest BCUT2D eigenvalue weighted by Gasteiger charge is 2.27. The van der Waals surface area contributed by atoms with Crippen LogP contribution in [0.15, 0.2) is 206 Å². The molecule has 6 heteroatoms. The van der Waals surface area contributed by atoms with Crippen LogP contribution in [0, 0.1) is 0 Å². The molecule has 2 heterocycles. The van der Waals surface area contributed by atoms with Crippen molar-refractivity contribution in [2.75, 3.05) is 9.80 Å². The van der Waals surface area contributed by atoms with Gasteiger partial charge in [-0.2, -0.15) is 0 Å². The number of benzene rings is 10. The van der Waals surface area contributed by atoms with E-state index in [0.717, 1.165) is 106 Å². The van der Waals surface area contributed by atoms with Gasteiger partial charge >= 0.3 is 0 Å². The van der Waals surface area contributed by atoms with Gasteiger partial charge in [-0.1, -0.05) is 121 Å². The fourth-order valence-corrected chi connectivity index (χ4v) is 9.04. The van der Waals surface area contributed by atoms with Crippen LogP contribution in [0.2, 0.25) is 0 Å². The molecule has 0 saturated heterocycles. The lowest BCUT2D eigenvalue weighted by molar-refractivity contribution is 1.27. The number of rotatable bonds is 8. The number of aromatic amines is 2. The van der Waals surface area contributed by atoms with E-state index in [4.69, 9.17) is 9.97 Å². The zero-order valence-electron chi connectivity index (χ0n) is 32.4. The van der Waals surface area contributed by atoms with Crippen molar-refractivity contribution in [3.63, 3.8) is 0 Å². The Morgan fingerprint density at radius 1 is 0.317 bits per heavy atom. The predicted molar refractivity (Wildman–Crippen MR) is 250 cm³/mol. The molecular formula is C54H36N6. The van der Waals surface area contributed by atoms with E-state index < -0.39 is 0 Å². The van der Waals surface area contributed by atoms with E-state index in [-0.39, 0.29) is 0 Å². The van der Waals surface area contributed by atoms with E-state index in [1.807, 2.05) is 24.3 Å². The van der Waals surface area contributed by atoms with Gasteiger partial charge in [0.1, 0.15) is 11.6 Å². The summed E-state index contributed by atoms with van der Waals surface area (Å²) in [5, 5.41) is 6.82. The zero-order chi connectivity index (χ0) is 39.6. The lowest BCUT2D eigenvalue weighted by Gasteiger charge is -2.32. The first-order valence-corrected chi connectivity index (χ1v) is 20.3. The van der Waals surface area contributed by atoms with Gasteiger partial charge in [-0.05, 0) is 101 Å². The highest BCUT2D eigenvalue weighted by molar-refractivity contribution is 6.32. The highest BCUT2D eigenvalue weighted by atomic mass is 15.2. The molecule has 12 aromatic rings. The van der Waals surface area contributed by atoms with E-state index in [9.17, 15) is 0 Å². The lowest BCUT2D eigenvalue weighted by atomic mass is 9.87. The van der Waals surface area contributed by atoms with E-state index in [1.165, 1.54) is 5.39 Å². The molecule has 0 aliphatic heterocycles. The second kappa shape index (κ2) is 13.7. The molecule has 10 aromatic carbocycles. The Labute approximate surface area is 346 Å². The Kier molecular flexibility index (Phi) is 7.74. The van der Waals surface area contributed by atoms with Gasteiger partial charge in [0.15, 0.2) is 0 Å². The van der Waals surface area contributed by atoms with Gasteiger partial charge in [0.05, 0.1) is 33.4 Å². The van der Waals surface area contributed by atoms with Gasteiger partial charge in [-0.15, -0.1) is 0 Å². The van der Waals surface area contributed by atoms with Crippen LogP contribution in [0.5, 0.6) is 0 Å². The Morgan fingerprint density at radius 2 is 0.650 bits per heavy atom. The number of fused-ring (bicyclic) bond motifs is 2. The van der Waals surface area contributed by atoms with E-state index in [0.29, 0.717) is 0 Å². The maximum Gasteiger partial charge on any atom is 0.139 e. The van der Waals surface area contributed by atoms with Crippen molar-refractivity contribution in [3.8, 4) is 22.8 Å². The molecule has 0 unspecified atom stereocenters. The number of aromatic nitrogens is 4. The summed E-state index contributed by atoms with van der Waals surface area (Å²) in [6.45, 7) is 0. The van der Waals surface area contributed by atoms with E-state index >= 15 is 0 Å². The molecule has 0 amide bonds. The monoisotopic (exact) mass is 768 g/mol. The van der Waals surface area contributed by atoms with Gasteiger partial charge in [0, 0.05) is 50.0 Å². The second-order valence-corrected chi connectivity index (χ2v) is 15.2. The first kappa shape index (κ1) is 33.9. The van der Waals surface area contributed by atoms with Gasteiger partial charge in [-0.25, -0.2) is 9.97 Å². The quantitative estimate of drug-likeness (QED) is 0.151. The molecule has 6 nitrogen and oxygen atoms in total. The molecule has 0 bridgehead atoms. The van der Waals surface area contributed by atoms with Crippen molar-refractivity contribution in [2.24, 2.45) is 0 Å². The summed E-state index contributed by atoms with van der Waals surface area (Å²) in [5.41, 5.74) is 12.3. The van der Waals surface area contributed by atoms with E-state index in [1.54, 1.807) is 0 Å². The van der Waals surface area contributed by atoms with Crippen LogP contribution < -0.4 is 9.80 Å². The number of nitrogens with zero attached hydrogens (tertiary/aromatic N) is 4. The Bertz CT molecular complexity index is 3120. The molecule has 12 rings (SSSR count). The first-order valence-electron chi connectivity index (χ1n) is 20.3. The summed E-state index contributed by atoms with van der Waals surface area (Å²) in [6.07, 6.45) is 0. The van der Waals surface area contributed by atoms with Crippen molar-refractivity contribution in [2.45, 2.75) is 0 Å². The molecule has 60 heavy (non-hydrogen) atoms. The topological polar surface area (TPSA) is 63.8 Å². The maximum absolute atomic E-state index is 5.19. The molecule has 0 aliphatic rings. The van der Waals surface area contributed by atoms with Crippen LogP contribution in [-0.2, 0) is 0 Å². The third-order valence-electron chi connectivity index (χ3n) is 11.7. The molecule has 282 valence electrons. The summed E-state index contributed by atoms with van der Waals surface area (Å²) in [7, 11) is 0. The van der Waals surface area contributed by atoms with E-state index in [2.05, 4.69) is 202 Å². The van der Waals surface area contributed by atoms with Crippen molar-refractivity contribution in [3.05, 3.63) is 206 Å². The summed E-state index contributed by atoms with van der Waals surface area (Å²) >= 11 is 0. The number of para-hydroxylation sites is 8. The SMILES string of the molecule is c1ccc(N(c2ccccc2)c2cc(N(c3ccccc3)c3ccccc3)c3ccc4c(-c5nc6ccccc6[nH]5)cc(-c5nc6ccccc6[nH]5)c5ccc2c3c54)cc1. The van der Waals surface area contributed by atoms with Crippen LogP contribution >= 0.6 is 0 Å². The fourth-order valence-electron chi connectivity index (χ4n) is 9.04. The van der Waals surface area contributed by atoms with Crippen LogP contribution in [0.3, 0.4) is 0 Å². The lowest BCUT2D eigenvalue weighted by Crippen LogP contribution is -2.14. The van der Waals surface area contributed by atoms with Gasteiger partial charge < -0.3 is 19.8 Å². The second-order valence-electron chi connectivity index (χ2n) is 15.2. The minimum absolute atomic E-state index is 0.817. The number of nitrogens with one attached hydrogen (secondary N) is 2. The number of hydrogen-bond donors (Lipinski definition) is 2. The Hall–Kier alpha value is -8.22. The summed E-state index contributed by atoms with van der Waals surface area (Å²) in [5.74, 6) is 1.63. The predicted octanol–water partition coefficient (Wildman–Crippen LogP) is 14.6. The average molecular weight is 769 g/mol. The molecule has 0 aliphatic carbocycles. The first-order chi connectivity index (χ1) is 29.8. The van der Waals surface area contributed by atoms with Crippen LogP contribution in [-0.4, -0.2) is 19.9 Å². The van der Waals surface area contributed by atoms with Gasteiger partial charge in [-0.3, -0.25) is 0 Å². The molecule has 0 radical (unpaired) electrons. The standard InChI is InChI=1S/C54H36N6/c1-5-17-35(18-6-1)59(36-19-7-2-8-20-36)49-34-50(60(37-21-9-3-10-22-37)38-23-11-4-12-24-38)42-32-30-40-44(54-57-47-27-15-16-28-48(47)58-54)33-43(39-29-31-41(49)52(42)51(39)40)53-55-45-25-13-14-26-46(45)56-53/h1-34H,(H,55,56)(H,57,58). The van der Waals surface area contributed by atoms with Crippen molar-refractivity contribution in [1.82, 2.24) is 19.9 Å². The van der Waals surface area contributed by atoms with Crippen LogP contribution in [0.4, 0.5) is 34.1 Å². The number of H-pyrrole nitrogens is 2. The maximum atomic E-state index is 5.19. The largest absolute Gasteiger partial charge is 0.338 e. The summed E-state index contributed by atoms with van der Waals surface area (Å²) in [6, 6.07) is 73.1. The average Bonchev–Trinajstić information content (AvgIpc) is 3.95. The number of anilines is 6. The van der Waals surface area contributed by atoms with Crippen molar-refractivity contribution in [1.29, 1.82) is 0 Å². The van der Waals surface area contributed by atoms with Gasteiger partial charge in [0.2, 0.25) is 0 Å². The van der Waals surface area contributed by atoms with Crippen LogP contribution in [0.25, 0.3) is 77.2 Å². The minimum Gasteiger partial charge on any atom is -0.338 e. The molecule has 0 saturated carbocycles. The molecule has 0 atom stereocenters. The Balaban J connectivity index is 1.26. The zero-order valence-corrected chi connectivity index (χ0v) is 32.4. The fraction of sp³-hybridized carbons (Fsp3) is 0. The number of imidazole rings is 2. The van der Waals surface area contributed by atoms with Crippen LogP contribution in [0.1, 0.15) is 0 Å².